The highest BCUT2D eigenvalue weighted by Crippen LogP contribution is 2.23. The van der Waals surface area contributed by atoms with Crippen molar-refractivity contribution in [2.45, 2.75) is 13.0 Å². The molecule has 1 aromatic heterocycles. The van der Waals surface area contributed by atoms with Crippen LogP contribution in [-0.2, 0) is 9.84 Å². The van der Waals surface area contributed by atoms with E-state index in [0.29, 0.717) is 0 Å². The van der Waals surface area contributed by atoms with Crippen molar-refractivity contribution < 1.29 is 8.42 Å². The van der Waals surface area contributed by atoms with E-state index >= 15 is 0 Å². The molecule has 3 nitrogen and oxygen atoms in total. The Labute approximate surface area is 89.1 Å². The van der Waals surface area contributed by atoms with E-state index in [9.17, 15) is 8.42 Å². The largest absolute Gasteiger partial charge is 0.311 e. The summed E-state index contributed by atoms with van der Waals surface area (Å²) in [6.45, 7) is 2.02. The summed E-state index contributed by atoms with van der Waals surface area (Å²) in [6, 6.07) is 3.91. The number of hydrogen-bond acceptors (Lipinski definition) is 4. The maximum absolute atomic E-state index is 11.1. The van der Waals surface area contributed by atoms with E-state index in [4.69, 9.17) is 0 Å². The van der Waals surface area contributed by atoms with Gasteiger partial charge >= 0.3 is 0 Å². The molecule has 1 rings (SSSR count). The molecule has 1 heterocycles. The van der Waals surface area contributed by atoms with Crippen LogP contribution in [0.2, 0.25) is 0 Å². The molecule has 0 spiro atoms. The van der Waals surface area contributed by atoms with Crippen LogP contribution in [0.5, 0.6) is 0 Å². The van der Waals surface area contributed by atoms with Crippen LogP contribution in [0.25, 0.3) is 0 Å². The average Bonchev–Trinajstić information content (AvgIpc) is 2.46. The minimum atomic E-state index is -2.93. The third-order valence-corrected chi connectivity index (χ3v) is 3.98. The van der Waals surface area contributed by atoms with Gasteiger partial charge < -0.3 is 5.32 Å². The lowest BCUT2D eigenvalue weighted by molar-refractivity contribution is 0.582. The second-order valence-corrected chi connectivity index (χ2v) is 6.89. The van der Waals surface area contributed by atoms with Gasteiger partial charge in [-0.05, 0) is 26.1 Å². The molecule has 14 heavy (non-hydrogen) atoms. The Morgan fingerprint density at radius 2 is 2.14 bits per heavy atom. The summed E-state index contributed by atoms with van der Waals surface area (Å²) in [6.07, 6.45) is 1.26. The standard InChI is InChI=1S/C9H15NO2S2/c1-7-4-5-9(13-7)8(10-2)6-14(3,11)12/h4-5,8,10H,6H2,1-3H3. The first kappa shape index (κ1) is 11.7. The van der Waals surface area contributed by atoms with Crippen LogP contribution in [0.15, 0.2) is 12.1 Å². The molecule has 0 amide bonds. The number of thiophene rings is 1. The Kier molecular flexibility index (Phi) is 3.69. The van der Waals surface area contributed by atoms with Gasteiger partial charge in [0.25, 0.3) is 0 Å². The molecule has 5 heteroatoms. The summed E-state index contributed by atoms with van der Waals surface area (Å²) in [5.41, 5.74) is 0. The minimum Gasteiger partial charge on any atom is -0.311 e. The van der Waals surface area contributed by atoms with Crippen LogP contribution >= 0.6 is 11.3 Å². The number of rotatable bonds is 4. The fourth-order valence-corrected chi connectivity index (χ4v) is 3.30. The van der Waals surface area contributed by atoms with Crippen LogP contribution in [0.3, 0.4) is 0 Å². The Morgan fingerprint density at radius 3 is 2.50 bits per heavy atom. The molecule has 0 aliphatic rings. The summed E-state index contributed by atoms with van der Waals surface area (Å²) >= 11 is 1.63. The minimum absolute atomic E-state index is 0.0799. The second-order valence-electron chi connectivity index (χ2n) is 3.38. The number of aryl methyl sites for hydroxylation is 1. The molecule has 0 radical (unpaired) electrons. The van der Waals surface area contributed by atoms with Crippen LogP contribution in [0, 0.1) is 6.92 Å². The van der Waals surface area contributed by atoms with Crippen molar-refractivity contribution in [1.82, 2.24) is 5.32 Å². The van der Waals surface area contributed by atoms with E-state index < -0.39 is 9.84 Å². The third-order valence-electron chi connectivity index (χ3n) is 1.92. The molecule has 0 fully saturated rings. The smallest absolute Gasteiger partial charge is 0.149 e. The van der Waals surface area contributed by atoms with Gasteiger partial charge in [0.15, 0.2) is 0 Å². The highest BCUT2D eigenvalue weighted by atomic mass is 32.2. The van der Waals surface area contributed by atoms with Crippen molar-refractivity contribution in [3.63, 3.8) is 0 Å². The lowest BCUT2D eigenvalue weighted by Gasteiger charge is -2.12. The van der Waals surface area contributed by atoms with Crippen LogP contribution in [-0.4, -0.2) is 27.5 Å². The number of nitrogens with one attached hydrogen (secondary N) is 1. The van der Waals surface area contributed by atoms with Crippen molar-refractivity contribution in [2.75, 3.05) is 19.1 Å². The third kappa shape index (κ3) is 3.40. The summed E-state index contributed by atoms with van der Waals surface area (Å²) in [5, 5.41) is 3.02. The zero-order chi connectivity index (χ0) is 10.8. The fraction of sp³-hybridized carbons (Fsp3) is 0.556. The van der Waals surface area contributed by atoms with Crippen LogP contribution in [0.4, 0.5) is 0 Å². The highest BCUT2D eigenvalue weighted by molar-refractivity contribution is 7.90. The Morgan fingerprint density at radius 1 is 1.50 bits per heavy atom. The molecule has 1 aromatic rings. The maximum Gasteiger partial charge on any atom is 0.149 e. The topological polar surface area (TPSA) is 46.2 Å². The van der Waals surface area contributed by atoms with Gasteiger partial charge in [-0.15, -0.1) is 11.3 Å². The van der Waals surface area contributed by atoms with Crippen molar-refractivity contribution in [2.24, 2.45) is 0 Å². The summed E-state index contributed by atoms with van der Waals surface area (Å²) in [5.74, 6) is 0.156. The van der Waals surface area contributed by atoms with E-state index in [1.54, 1.807) is 18.4 Å². The quantitative estimate of drug-likeness (QED) is 0.854. The predicted octanol–water partition coefficient (Wildman–Crippen LogP) is 1.36. The van der Waals surface area contributed by atoms with Crippen LogP contribution in [0.1, 0.15) is 15.8 Å². The molecular formula is C9H15NO2S2. The van der Waals surface area contributed by atoms with Gasteiger partial charge in [0.2, 0.25) is 0 Å². The molecule has 1 N–H and O–H groups in total. The number of hydrogen-bond donors (Lipinski definition) is 1. The van der Waals surface area contributed by atoms with E-state index in [1.165, 1.54) is 11.1 Å². The monoisotopic (exact) mass is 233 g/mol. The first-order chi connectivity index (χ1) is 6.42. The normalized spacial score (nSPS) is 14.2. The van der Waals surface area contributed by atoms with Gasteiger partial charge in [-0.3, -0.25) is 0 Å². The highest BCUT2D eigenvalue weighted by Gasteiger charge is 2.16. The van der Waals surface area contributed by atoms with Crippen molar-refractivity contribution >= 4 is 21.2 Å². The molecule has 0 bridgehead atoms. The Bertz CT molecular complexity index is 395. The van der Waals surface area contributed by atoms with Gasteiger partial charge in [0.1, 0.15) is 9.84 Å². The zero-order valence-corrected chi connectivity index (χ0v) is 10.2. The lowest BCUT2D eigenvalue weighted by atomic mass is 10.3. The molecule has 1 unspecified atom stereocenters. The van der Waals surface area contributed by atoms with Crippen molar-refractivity contribution in [3.8, 4) is 0 Å². The van der Waals surface area contributed by atoms with Crippen molar-refractivity contribution in [3.05, 3.63) is 21.9 Å². The van der Waals surface area contributed by atoms with Gasteiger partial charge in [-0.1, -0.05) is 0 Å². The van der Waals surface area contributed by atoms with Gasteiger partial charge in [-0.25, -0.2) is 8.42 Å². The molecule has 1 atom stereocenters. The summed E-state index contributed by atoms with van der Waals surface area (Å²) in [7, 11) is -1.15. The van der Waals surface area contributed by atoms with E-state index in [-0.39, 0.29) is 11.8 Å². The molecule has 0 aliphatic heterocycles. The Balaban J connectivity index is 2.83. The fourth-order valence-electron chi connectivity index (χ4n) is 1.25. The van der Waals surface area contributed by atoms with E-state index in [1.807, 2.05) is 19.1 Å². The molecule has 0 aromatic carbocycles. The maximum atomic E-state index is 11.1. The first-order valence-corrected chi connectivity index (χ1v) is 7.21. The SMILES string of the molecule is CNC(CS(C)(=O)=O)c1ccc(C)s1. The zero-order valence-electron chi connectivity index (χ0n) is 8.57. The molecule has 80 valence electrons. The molecule has 0 saturated carbocycles. The molecular weight excluding hydrogens is 218 g/mol. The van der Waals surface area contributed by atoms with Crippen LogP contribution < -0.4 is 5.32 Å². The first-order valence-electron chi connectivity index (χ1n) is 4.33. The average molecular weight is 233 g/mol. The summed E-state index contributed by atoms with van der Waals surface area (Å²) < 4.78 is 22.3. The Hall–Kier alpha value is -0.390. The van der Waals surface area contributed by atoms with Gasteiger partial charge in [-0.2, -0.15) is 0 Å². The lowest BCUT2D eigenvalue weighted by Crippen LogP contribution is -2.23. The second kappa shape index (κ2) is 4.42. The summed E-state index contributed by atoms with van der Waals surface area (Å²) in [4.78, 5) is 2.28. The van der Waals surface area contributed by atoms with Gasteiger partial charge in [0.05, 0.1) is 11.8 Å². The van der Waals surface area contributed by atoms with Crippen molar-refractivity contribution in [1.29, 1.82) is 0 Å². The molecule has 0 saturated heterocycles. The predicted molar refractivity (Wildman–Crippen MR) is 60.6 cm³/mol. The molecule has 0 aliphatic carbocycles. The van der Waals surface area contributed by atoms with E-state index in [0.717, 1.165) is 4.88 Å². The number of sulfone groups is 1. The van der Waals surface area contributed by atoms with Gasteiger partial charge in [0, 0.05) is 16.0 Å². The van der Waals surface area contributed by atoms with E-state index in [2.05, 4.69) is 5.32 Å².